The third-order valence-electron chi connectivity index (χ3n) is 6.47. The molecular weight excluding hydrogens is 439 g/mol. The minimum Gasteiger partial charge on any atom is -0.494 e. The first-order valence-corrected chi connectivity index (χ1v) is 11.3. The second-order valence-corrected chi connectivity index (χ2v) is 9.06. The van der Waals surface area contributed by atoms with Crippen LogP contribution in [-0.2, 0) is 0 Å². The predicted octanol–water partition coefficient (Wildman–Crippen LogP) is 3.19. The molecule has 178 valence electrons. The number of carbonyl (C=O) groups is 1. The standard InChI is InChI=1S/C23H27FN8O2/c1-12(2)31-11-15(9-26-31)22(33)30-10-14(6-5-13(30)3)20-28-21-16-7-17(24)19(34-4)8-18(16)27-23(25)32(21)29-20/h7-9,11-14H,5-6,10H2,1-4H3,(H2,25,27)/t13-,14+/m0/s1. The number of fused-ring (bicyclic) bond motifs is 3. The Morgan fingerprint density at radius 1 is 1.26 bits per heavy atom. The van der Waals surface area contributed by atoms with Crippen molar-refractivity contribution in [3.05, 3.63) is 41.7 Å². The van der Waals surface area contributed by atoms with Crippen LogP contribution >= 0.6 is 0 Å². The molecule has 4 heterocycles. The van der Waals surface area contributed by atoms with Gasteiger partial charge < -0.3 is 15.4 Å². The Labute approximate surface area is 195 Å². The molecule has 1 amide bonds. The first-order chi connectivity index (χ1) is 16.3. The number of hydrogen-bond acceptors (Lipinski definition) is 7. The number of rotatable bonds is 4. The van der Waals surface area contributed by atoms with Crippen molar-refractivity contribution in [1.29, 1.82) is 0 Å². The number of likely N-dealkylation sites (tertiary alicyclic amines) is 1. The SMILES string of the molecule is COc1cc2nc(N)n3nc([C@@H]4CC[C@H](C)N(C(=O)c5cnn(C(C)C)c5)C4)nc3c2cc1F. The van der Waals surface area contributed by atoms with Crippen LogP contribution in [0.2, 0.25) is 0 Å². The number of amides is 1. The summed E-state index contributed by atoms with van der Waals surface area (Å²) in [6.07, 6.45) is 5.03. The third-order valence-corrected chi connectivity index (χ3v) is 6.47. The minimum atomic E-state index is -0.516. The van der Waals surface area contributed by atoms with Gasteiger partial charge in [-0.05, 0) is 39.7 Å². The molecule has 5 rings (SSSR count). The second-order valence-electron chi connectivity index (χ2n) is 9.06. The Kier molecular flexibility index (Phi) is 5.34. The summed E-state index contributed by atoms with van der Waals surface area (Å²) in [5.74, 6) is 0.122. The van der Waals surface area contributed by atoms with Crippen molar-refractivity contribution in [2.75, 3.05) is 19.4 Å². The molecule has 1 aliphatic heterocycles. The molecule has 0 spiro atoms. The molecule has 2 atom stereocenters. The zero-order chi connectivity index (χ0) is 24.1. The minimum absolute atomic E-state index is 0.0614. The van der Waals surface area contributed by atoms with Crippen LogP contribution in [-0.4, -0.2) is 59.9 Å². The van der Waals surface area contributed by atoms with E-state index >= 15 is 0 Å². The highest BCUT2D eigenvalue weighted by Gasteiger charge is 2.33. The maximum Gasteiger partial charge on any atom is 0.257 e. The highest BCUT2D eigenvalue weighted by molar-refractivity contribution is 5.94. The van der Waals surface area contributed by atoms with Crippen LogP contribution in [0.15, 0.2) is 24.5 Å². The fraction of sp³-hybridized carbons (Fsp3) is 0.435. The van der Waals surface area contributed by atoms with E-state index in [9.17, 15) is 9.18 Å². The number of ether oxygens (including phenoxy) is 1. The summed E-state index contributed by atoms with van der Waals surface area (Å²) in [5, 5.41) is 9.38. The van der Waals surface area contributed by atoms with Gasteiger partial charge in [0.15, 0.2) is 23.0 Å². The van der Waals surface area contributed by atoms with Gasteiger partial charge in [-0.15, -0.1) is 5.10 Å². The molecule has 1 aromatic carbocycles. The number of anilines is 1. The molecule has 0 radical (unpaired) electrons. The van der Waals surface area contributed by atoms with E-state index in [0.29, 0.717) is 34.5 Å². The molecule has 10 nitrogen and oxygen atoms in total. The summed E-state index contributed by atoms with van der Waals surface area (Å²) in [7, 11) is 1.40. The number of halogens is 1. The molecule has 0 aliphatic carbocycles. The monoisotopic (exact) mass is 466 g/mol. The smallest absolute Gasteiger partial charge is 0.257 e. The number of nitrogen functional groups attached to an aromatic ring is 1. The largest absolute Gasteiger partial charge is 0.494 e. The number of nitrogens with zero attached hydrogens (tertiary/aromatic N) is 7. The van der Waals surface area contributed by atoms with E-state index in [1.165, 1.54) is 23.8 Å². The third kappa shape index (κ3) is 3.61. The topological polar surface area (TPSA) is 116 Å². The van der Waals surface area contributed by atoms with Crippen molar-refractivity contribution in [3.63, 3.8) is 0 Å². The van der Waals surface area contributed by atoms with Crippen LogP contribution in [0.3, 0.4) is 0 Å². The summed E-state index contributed by atoms with van der Waals surface area (Å²) in [4.78, 5) is 24.2. The number of piperidine rings is 1. The second kappa shape index (κ2) is 8.23. The molecule has 1 aliphatic rings. The maximum absolute atomic E-state index is 14.4. The Morgan fingerprint density at radius 3 is 2.76 bits per heavy atom. The van der Waals surface area contributed by atoms with E-state index in [1.807, 2.05) is 25.7 Å². The van der Waals surface area contributed by atoms with Gasteiger partial charge in [0.25, 0.3) is 5.91 Å². The van der Waals surface area contributed by atoms with Crippen molar-refractivity contribution in [2.45, 2.75) is 51.6 Å². The molecule has 0 saturated carbocycles. The van der Waals surface area contributed by atoms with Gasteiger partial charge >= 0.3 is 0 Å². The van der Waals surface area contributed by atoms with Crippen molar-refractivity contribution in [1.82, 2.24) is 34.3 Å². The maximum atomic E-state index is 14.4. The Morgan fingerprint density at radius 2 is 2.06 bits per heavy atom. The zero-order valence-electron chi connectivity index (χ0n) is 19.6. The Hall–Kier alpha value is -3.76. The molecule has 2 N–H and O–H groups in total. The first-order valence-electron chi connectivity index (χ1n) is 11.3. The quantitative estimate of drug-likeness (QED) is 0.491. The van der Waals surface area contributed by atoms with Gasteiger partial charge in [0, 0.05) is 42.2 Å². The molecule has 11 heteroatoms. The van der Waals surface area contributed by atoms with Crippen LogP contribution in [0.5, 0.6) is 5.75 Å². The normalized spacial score (nSPS) is 18.8. The van der Waals surface area contributed by atoms with Crippen LogP contribution in [0, 0.1) is 5.82 Å². The lowest BCUT2D eigenvalue weighted by Crippen LogP contribution is -2.45. The fourth-order valence-electron chi connectivity index (χ4n) is 4.47. The highest BCUT2D eigenvalue weighted by Crippen LogP contribution is 2.32. The summed E-state index contributed by atoms with van der Waals surface area (Å²) < 4.78 is 22.7. The van der Waals surface area contributed by atoms with E-state index in [1.54, 1.807) is 17.1 Å². The number of carbonyl (C=O) groups excluding carboxylic acids is 1. The van der Waals surface area contributed by atoms with Gasteiger partial charge in [0.05, 0.1) is 24.4 Å². The van der Waals surface area contributed by atoms with E-state index < -0.39 is 5.82 Å². The number of benzene rings is 1. The van der Waals surface area contributed by atoms with Gasteiger partial charge in [-0.25, -0.2) is 14.4 Å². The Balaban J connectivity index is 1.49. The average Bonchev–Trinajstić information content (AvgIpc) is 3.48. The van der Waals surface area contributed by atoms with Gasteiger partial charge in [0.1, 0.15) is 0 Å². The van der Waals surface area contributed by atoms with Gasteiger partial charge in [-0.3, -0.25) is 9.48 Å². The van der Waals surface area contributed by atoms with E-state index in [2.05, 4.69) is 15.2 Å². The average molecular weight is 467 g/mol. The summed E-state index contributed by atoms with van der Waals surface area (Å²) in [6, 6.07) is 3.08. The zero-order valence-corrected chi connectivity index (χ0v) is 19.6. The predicted molar refractivity (Wildman–Crippen MR) is 124 cm³/mol. The molecule has 0 unspecified atom stereocenters. The lowest BCUT2D eigenvalue weighted by atomic mass is 9.92. The van der Waals surface area contributed by atoms with Gasteiger partial charge in [-0.2, -0.15) is 9.61 Å². The molecule has 1 fully saturated rings. The summed E-state index contributed by atoms with van der Waals surface area (Å²) in [5.41, 5.74) is 7.59. The van der Waals surface area contributed by atoms with Gasteiger partial charge in [-0.1, -0.05) is 0 Å². The van der Waals surface area contributed by atoms with E-state index in [4.69, 9.17) is 15.5 Å². The highest BCUT2D eigenvalue weighted by atomic mass is 19.1. The summed E-state index contributed by atoms with van der Waals surface area (Å²) >= 11 is 0. The first kappa shape index (κ1) is 22.1. The van der Waals surface area contributed by atoms with Crippen molar-refractivity contribution >= 4 is 28.4 Å². The molecule has 34 heavy (non-hydrogen) atoms. The van der Waals surface area contributed by atoms with Crippen LogP contribution in [0.1, 0.15) is 61.8 Å². The Bertz CT molecular complexity index is 1390. The van der Waals surface area contributed by atoms with Crippen molar-refractivity contribution in [3.8, 4) is 5.75 Å². The lowest BCUT2D eigenvalue weighted by Gasteiger charge is -2.36. The van der Waals surface area contributed by atoms with E-state index in [-0.39, 0.29) is 35.6 Å². The molecule has 3 aromatic heterocycles. The van der Waals surface area contributed by atoms with Crippen molar-refractivity contribution in [2.24, 2.45) is 0 Å². The lowest BCUT2D eigenvalue weighted by molar-refractivity contribution is 0.0606. The van der Waals surface area contributed by atoms with Crippen LogP contribution in [0.4, 0.5) is 10.3 Å². The number of nitrogens with two attached hydrogens (primary N) is 1. The number of hydrogen-bond donors (Lipinski definition) is 1. The number of aromatic nitrogens is 6. The molecule has 4 aromatic rings. The fourth-order valence-corrected chi connectivity index (χ4v) is 4.47. The van der Waals surface area contributed by atoms with E-state index in [0.717, 1.165) is 12.8 Å². The van der Waals surface area contributed by atoms with Crippen LogP contribution in [0.25, 0.3) is 16.6 Å². The van der Waals surface area contributed by atoms with Gasteiger partial charge in [0.2, 0.25) is 5.95 Å². The molecular formula is C23H27FN8O2. The molecule has 0 bridgehead atoms. The molecule has 1 saturated heterocycles. The summed E-state index contributed by atoms with van der Waals surface area (Å²) in [6.45, 7) is 6.55. The van der Waals surface area contributed by atoms with Crippen LogP contribution < -0.4 is 10.5 Å². The van der Waals surface area contributed by atoms with Crippen molar-refractivity contribution < 1.29 is 13.9 Å². The number of methoxy groups -OCH3 is 1.